The van der Waals surface area contributed by atoms with Gasteiger partial charge >= 0.3 is 0 Å². The molecule has 0 radical (unpaired) electrons. The van der Waals surface area contributed by atoms with Crippen molar-refractivity contribution in [3.05, 3.63) is 83.9 Å². The molecule has 2 aliphatic heterocycles. The third kappa shape index (κ3) is 6.23. The summed E-state index contributed by atoms with van der Waals surface area (Å²) in [5.41, 5.74) is 2.41. The number of rotatable bonds is 8. The Morgan fingerprint density at radius 3 is 2.54 bits per heavy atom. The number of benzene rings is 3. The summed E-state index contributed by atoms with van der Waals surface area (Å²) in [5, 5.41) is 2.93. The van der Waals surface area contributed by atoms with Crippen molar-refractivity contribution in [1.82, 2.24) is 9.62 Å². The number of anilines is 1. The number of carbonyl (C=O) groups is 2. The molecule has 10 heteroatoms. The average molecular weight is 578 g/mol. The van der Waals surface area contributed by atoms with E-state index in [0.29, 0.717) is 49.5 Å². The van der Waals surface area contributed by atoms with E-state index in [9.17, 15) is 18.0 Å². The molecule has 3 aromatic carbocycles. The first-order valence-corrected chi connectivity index (χ1v) is 15.3. The Morgan fingerprint density at radius 2 is 1.78 bits per heavy atom. The summed E-state index contributed by atoms with van der Waals surface area (Å²) in [6, 6.07) is 21.8. The first-order chi connectivity index (χ1) is 19.8. The fraction of sp³-hybridized carbons (Fsp3) is 0.355. The zero-order valence-corrected chi connectivity index (χ0v) is 24.1. The molecule has 0 aromatic heterocycles. The van der Waals surface area contributed by atoms with Crippen molar-refractivity contribution < 1.29 is 27.5 Å². The van der Waals surface area contributed by atoms with E-state index >= 15 is 0 Å². The van der Waals surface area contributed by atoms with E-state index in [1.807, 2.05) is 36.4 Å². The molecule has 2 heterocycles. The number of carbonyl (C=O) groups excluding carboxylic acids is 2. The molecule has 2 amide bonds. The van der Waals surface area contributed by atoms with Gasteiger partial charge in [0, 0.05) is 19.6 Å². The monoisotopic (exact) mass is 577 g/mol. The molecule has 0 aliphatic carbocycles. The summed E-state index contributed by atoms with van der Waals surface area (Å²) in [6.45, 7) is 2.69. The van der Waals surface area contributed by atoms with Gasteiger partial charge in [-0.1, -0.05) is 42.5 Å². The highest BCUT2D eigenvalue weighted by Crippen LogP contribution is 2.36. The molecule has 2 atom stereocenters. The van der Waals surface area contributed by atoms with Crippen molar-refractivity contribution in [2.45, 2.75) is 37.2 Å². The minimum Gasteiger partial charge on any atom is -0.496 e. The van der Waals surface area contributed by atoms with E-state index < -0.39 is 22.0 Å². The number of para-hydroxylation sites is 2. The molecule has 2 aliphatic rings. The summed E-state index contributed by atoms with van der Waals surface area (Å²) >= 11 is 0. The molecule has 1 fully saturated rings. The number of fused-ring (bicyclic) bond motifs is 1. The zero-order chi connectivity index (χ0) is 29.0. The minimum atomic E-state index is -3.81. The Morgan fingerprint density at radius 1 is 1.02 bits per heavy atom. The lowest BCUT2D eigenvalue weighted by Crippen LogP contribution is -2.54. The second-order valence-corrected chi connectivity index (χ2v) is 12.3. The van der Waals surface area contributed by atoms with E-state index in [4.69, 9.17) is 9.47 Å². The fourth-order valence-electron chi connectivity index (χ4n) is 5.41. The minimum absolute atomic E-state index is 0.0495. The van der Waals surface area contributed by atoms with Crippen LogP contribution in [-0.2, 0) is 26.0 Å². The van der Waals surface area contributed by atoms with Gasteiger partial charge in [0.2, 0.25) is 15.9 Å². The molecular formula is C31H35N3O6S. The lowest BCUT2D eigenvalue weighted by Gasteiger charge is -2.38. The molecule has 3 aromatic rings. The Balaban J connectivity index is 1.30. The topological polar surface area (TPSA) is 105 Å². The van der Waals surface area contributed by atoms with Gasteiger partial charge in [-0.2, -0.15) is 4.31 Å². The molecule has 41 heavy (non-hydrogen) atoms. The summed E-state index contributed by atoms with van der Waals surface area (Å²) in [7, 11) is -2.26. The third-order valence-electron chi connectivity index (χ3n) is 7.63. The summed E-state index contributed by atoms with van der Waals surface area (Å²) in [4.78, 5) is 28.8. The molecule has 5 rings (SSSR count). The van der Waals surface area contributed by atoms with E-state index in [-0.39, 0.29) is 29.8 Å². The van der Waals surface area contributed by atoms with Gasteiger partial charge in [-0.05, 0) is 67.6 Å². The predicted molar refractivity (Wildman–Crippen MR) is 156 cm³/mol. The lowest BCUT2D eigenvalue weighted by atomic mass is 9.97. The predicted octanol–water partition coefficient (Wildman–Crippen LogP) is 3.56. The van der Waals surface area contributed by atoms with E-state index in [2.05, 4.69) is 5.32 Å². The van der Waals surface area contributed by atoms with Crippen molar-refractivity contribution in [1.29, 1.82) is 0 Å². The number of nitrogens with one attached hydrogen (secondary N) is 1. The molecule has 1 N–H and O–H groups in total. The Labute approximate surface area is 241 Å². The Hall–Kier alpha value is -3.89. The molecule has 216 valence electrons. The maximum Gasteiger partial charge on any atom is 0.262 e. The number of sulfonamides is 1. The van der Waals surface area contributed by atoms with Crippen molar-refractivity contribution in [3.63, 3.8) is 0 Å². The highest BCUT2D eigenvalue weighted by Gasteiger charge is 2.39. The number of nitrogens with zero attached hydrogens (tertiary/aromatic N) is 2. The maximum atomic E-state index is 13.9. The Bertz CT molecular complexity index is 1510. The Kier molecular flexibility index (Phi) is 8.60. The number of hydrogen-bond acceptors (Lipinski definition) is 6. The van der Waals surface area contributed by atoms with Crippen LogP contribution < -0.4 is 19.7 Å². The molecule has 9 nitrogen and oxygen atoms in total. The van der Waals surface area contributed by atoms with Gasteiger partial charge in [-0.3, -0.25) is 9.59 Å². The molecular weight excluding hydrogens is 542 g/mol. The number of methoxy groups -OCH3 is 1. The largest absolute Gasteiger partial charge is 0.496 e. The third-order valence-corrected chi connectivity index (χ3v) is 9.49. The molecule has 0 spiro atoms. The summed E-state index contributed by atoms with van der Waals surface area (Å²) in [6.07, 6.45) is 0.911. The van der Waals surface area contributed by atoms with Gasteiger partial charge in [0.25, 0.3) is 5.91 Å². The van der Waals surface area contributed by atoms with Crippen molar-refractivity contribution in [3.8, 4) is 11.5 Å². The van der Waals surface area contributed by atoms with Crippen LogP contribution in [0.4, 0.5) is 5.69 Å². The normalized spacial score (nSPS) is 19.1. The van der Waals surface area contributed by atoms with Crippen LogP contribution in [0.15, 0.2) is 77.7 Å². The SMILES string of the molecule is COc1ccc(S(=O)(=O)N2CCC[C@H](C(=O)N3C[C@@H](C(=O)NCCc4ccccc4)Oc4ccccc43)C2)cc1C. The number of amides is 2. The van der Waals surface area contributed by atoms with Gasteiger partial charge in [-0.15, -0.1) is 0 Å². The number of ether oxygens (including phenoxy) is 2. The van der Waals surface area contributed by atoms with Crippen LogP contribution in [0.2, 0.25) is 0 Å². The van der Waals surface area contributed by atoms with E-state index in [1.165, 1.54) is 10.4 Å². The quantitative estimate of drug-likeness (QED) is 0.439. The number of piperidine rings is 1. The fourth-order valence-corrected chi connectivity index (χ4v) is 7.02. The van der Waals surface area contributed by atoms with Crippen LogP contribution in [0.5, 0.6) is 11.5 Å². The summed E-state index contributed by atoms with van der Waals surface area (Å²) in [5.74, 6) is 0.0000149. The molecule has 0 bridgehead atoms. The highest BCUT2D eigenvalue weighted by molar-refractivity contribution is 7.89. The van der Waals surface area contributed by atoms with Crippen LogP contribution in [-0.4, -0.2) is 63.9 Å². The zero-order valence-electron chi connectivity index (χ0n) is 23.3. The molecule has 0 unspecified atom stereocenters. The van der Waals surface area contributed by atoms with Crippen LogP contribution in [0.1, 0.15) is 24.0 Å². The van der Waals surface area contributed by atoms with Crippen molar-refractivity contribution in [2.24, 2.45) is 5.92 Å². The smallest absolute Gasteiger partial charge is 0.262 e. The first-order valence-electron chi connectivity index (χ1n) is 13.8. The van der Waals surface area contributed by atoms with E-state index in [0.717, 1.165) is 11.1 Å². The summed E-state index contributed by atoms with van der Waals surface area (Å²) < 4.78 is 39.7. The van der Waals surface area contributed by atoms with Crippen LogP contribution in [0.25, 0.3) is 0 Å². The second-order valence-electron chi connectivity index (χ2n) is 10.4. The van der Waals surface area contributed by atoms with Gasteiger partial charge < -0.3 is 19.7 Å². The highest BCUT2D eigenvalue weighted by atomic mass is 32.2. The van der Waals surface area contributed by atoms with Crippen LogP contribution in [0, 0.1) is 12.8 Å². The van der Waals surface area contributed by atoms with Crippen molar-refractivity contribution in [2.75, 3.05) is 38.2 Å². The lowest BCUT2D eigenvalue weighted by molar-refractivity contribution is -0.129. The van der Waals surface area contributed by atoms with E-state index in [1.54, 1.807) is 49.3 Å². The molecule has 0 saturated carbocycles. The van der Waals surface area contributed by atoms with Gasteiger partial charge in [0.05, 0.1) is 30.2 Å². The molecule has 1 saturated heterocycles. The van der Waals surface area contributed by atoms with Gasteiger partial charge in [-0.25, -0.2) is 8.42 Å². The van der Waals surface area contributed by atoms with Gasteiger partial charge in [0.15, 0.2) is 6.10 Å². The first kappa shape index (κ1) is 28.6. The van der Waals surface area contributed by atoms with Crippen LogP contribution in [0.3, 0.4) is 0 Å². The number of hydrogen-bond donors (Lipinski definition) is 1. The van der Waals surface area contributed by atoms with Crippen LogP contribution >= 0.6 is 0 Å². The van der Waals surface area contributed by atoms with Crippen molar-refractivity contribution >= 4 is 27.5 Å². The van der Waals surface area contributed by atoms with Gasteiger partial charge in [0.1, 0.15) is 11.5 Å². The standard InChI is InChI=1S/C31H35N3O6S/c1-22-19-25(14-15-27(22)39-2)41(37,38)33-18-8-11-24(20-33)31(36)34-21-29(40-28-13-7-6-12-26(28)34)30(35)32-17-16-23-9-4-3-5-10-23/h3-7,9-10,12-15,19,24,29H,8,11,16-18,20-21H2,1-2H3,(H,32,35)/t24-,29-/m0/s1. The average Bonchev–Trinajstić information content (AvgIpc) is 3.00. The number of aryl methyl sites for hydroxylation is 1. The maximum absolute atomic E-state index is 13.9. The second kappa shape index (κ2) is 12.3.